The molecule has 0 saturated carbocycles. The van der Waals surface area contributed by atoms with Crippen LogP contribution in [0.4, 0.5) is 0 Å². The molecular formula is C2H3ClO4S. The average Bonchev–Trinajstić information content (AvgIpc) is 1.67. The molecule has 8 heavy (non-hydrogen) atoms. The van der Waals surface area contributed by atoms with Crippen LogP contribution in [0.25, 0.3) is 0 Å². The lowest BCUT2D eigenvalue weighted by Gasteiger charge is -1.91. The quantitative estimate of drug-likeness (QED) is 0.564. The van der Waals surface area contributed by atoms with E-state index in [4.69, 9.17) is 0 Å². The van der Waals surface area contributed by atoms with Crippen molar-refractivity contribution in [2.24, 2.45) is 0 Å². The zero-order valence-electron chi connectivity index (χ0n) is 3.70. The average molecular weight is 159 g/mol. The summed E-state index contributed by atoms with van der Waals surface area (Å²) in [6, 6.07) is 0. The van der Waals surface area contributed by atoms with Crippen LogP contribution < -0.4 is 0 Å². The zero-order valence-corrected chi connectivity index (χ0v) is 5.28. The maximum Gasteiger partial charge on any atom is 0.465 e. The Morgan fingerprint density at radius 2 is 2.12 bits per heavy atom. The minimum absolute atomic E-state index is 0.692. The van der Waals surface area contributed by atoms with Crippen molar-refractivity contribution in [1.82, 2.24) is 0 Å². The first-order valence-corrected chi connectivity index (χ1v) is 3.11. The number of hydrogen-bond acceptors (Lipinski definition) is 4. The second kappa shape index (κ2) is 2.91. The molecule has 0 aliphatic rings. The summed E-state index contributed by atoms with van der Waals surface area (Å²) in [5.41, 5.74) is 0. The molecule has 0 atom stereocenters. The third kappa shape index (κ3) is 2.84. The number of rotatable bonds is 3. The van der Waals surface area contributed by atoms with Crippen molar-refractivity contribution >= 4 is 22.3 Å². The lowest BCUT2D eigenvalue weighted by Crippen LogP contribution is -1.98. The summed E-state index contributed by atoms with van der Waals surface area (Å²) in [5.74, 6) is 0. The standard InChI is InChI=1S/C2H3ClO4S/c1-2-6-8(4,5)7-3/h2H,1H2. The van der Waals surface area contributed by atoms with E-state index >= 15 is 0 Å². The van der Waals surface area contributed by atoms with Gasteiger partial charge in [-0.2, -0.15) is 8.42 Å². The molecule has 0 aromatic heterocycles. The molecule has 48 valence electrons. The minimum Gasteiger partial charge on any atom is -0.369 e. The monoisotopic (exact) mass is 158 g/mol. The van der Waals surface area contributed by atoms with Crippen LogP contribution in [-0.2, 0) is 18.3 Å². The second-order valence-electron chi connectivity index (χ2n) is 0.734. The van der Waals surface area contributed by atoms with Crippen LogP contribution in [0.2, 0.25) is 0 Å². The Kier molecular flexibility index (Phi) is 2.81. The fraction of sp³-hybridized carbons (Fsp3) is 0. The zero-order chi connectivity index (χ0) is 6.62. The van der Waals surface area contributed by atoms with E-state index in [2.05, 4.69) is 26.4 Å². The van der Waals surface area contributed by atoms with Gasteiger partial charge in [-0.3, -0.25) is 0 Å². The van der Waals surface area contributed by atoms with Gasteiger partial charge >= 0.3 is 10.4 Å². The maximum atomic E-state index is 9.95. The molecule has 0 N–H and O–H groups in total. The predicted octanol–water partition coefficient (Wildman–Crippen LogP) is 0.562. The molecule has 0 aliphatic carbocycles. The Labute approximate surface area is 52.2 Å². The van der Waals surface area contributed by atoms with Gasteiger partial charge in [-0.25, -0.2) is 0 Å². The molecule has 0 heterocycles. The van der Waals surface area contributed by atoms with Crippen molar-refractivity contribution in [1.29, 1.82) is 0 Å². The van der Waals surface area contributed by atoms with Gasteiger partial charge in [0.2, 0.25) is 0 Å². The van der Waals surface area contributed by atoms with Crippen molar-refractivity contribution in [2.45, 2.75) is 0 Å². The van der Waals surface area contributed by atoms with Crippen LogP contribution in [0.15, 0.2) is 12.8 Å². The molecule has 0 fully saturated rings. The maximum absolute atomic E-state index is 9.95. The van der Waals surface area contributed by atoms with Crippen molar-refractivity contribution in [3.8, 4) is 0 Å². The summed E-state index contributed by atoms with van der Waals surface area (Å²) >= 11 is 4.41. The lowest BCUT2D eigenvalue weighted by atomic mass is 11.2. The third-order valence-electron chi connectivity index (χ3n) is 0.263. The normalized spacial score (nSPS) is 10.6. The van der Waals surface area contributed by atoms with Crippen LogP contribution in [0, 0.1) is 0 Å². The molecule has 0 radical (unpaired) electrons. The topological polar surface area (TPSA) is 52.6 Å². The first-order chi connectivity index (χ1) is 3.62. The van der Waals surface area contributed by atoms with Gasteiger partial charge < -0.3 is 4.18 Å². The summed E-state index contributed by atoms with van der Waals surface area (Å²) in [7, 11) is -4.02. The fourth-order valence-corrected chi connectivity index (χ4v) is 0.384. The van der Waals surface area contributed by atoms with E-state index in [9.17, 15) is 8.42 Å². The van der Waals surface area contributed by atoms with Gasteiger partial charge in [-0.05, 0) is 0 Å². The van der Waals surface area contributed by atoms with E-state index in [0.29, 0.717) is 6.26 Å². The van der Waals surface area contributed by atoms with E-state index in [1.54, 1.807) is 0 Å². The molecule has 4 nitrogen and oxygen atoms in total. The summed E-state index contributed by atoms with van der Waals surface area (Å²) in [4.78, 5) is 0. The highest BCUT2D eigenvalue weighted by Crippen LogP contribution is 1.97. The first kappa shape index (κ1) is 7.74. The molecule has 6 heteroatoms. The Bertz CT molecular complexity index is 159. The summed E-state index contributed by atoms with van der Waals surface area (Å²) in [6.45, 7) is 2.95. The largest absolute Gasteiger partial charge is 0.465 e. The van der Waals surface area contributed by atoms with Crippen LogP contribution >= 0.6 is 11.9 Å². The summed E-state index contributed by atoms with van der Waals surface area (Å²) in [5, 5.41) is 0. The molecule has 0 spiro atoms. The van der Waals surface area contributed by atoms with Gasteiger partial charge in [0.15, 0.2) is 0 Å². The van der Waals surface area contributed by atoms with Crippen LogP contribution in [0.3, 0.4) is 0 Å². The molecule has 0 amide bonds. The van der Waals surface area contributed by atoms with Crippen molar-refractivity contribution in [2.75, 3.05) is 0 Å². The first-order valence-electron chi connectivity index (χ1n) is 1.46. The smallest absolute Gasteiger partial charge is 0.369 e. The summed E-state index contributed by atoms with van der Waals surface area (Å²) < 4.78 is 27.0. The fourth-order valence-electron chi connectivity index (χ4n) is 0.0982. The van der Waals surface area contributed by atoms with Gasteiger partial charge in [0.25, 0.3) is 0 Å². The van der Waals surface area contributed by atoms with Gasteiger partial charge in [-0.1, -0.05) is 6.58 Å². The third-order valence-corrected chi connectivity index (χ3v) is 1.25. The summed E-state index contributed by atoms with van der Waals surface area (Å²) in [6.07, 6.45) is 0.692. The van der Waals surface area contributed by atoms with Gasteiger partial charge in [0.05, 0.1) is 11.9 Å². The Hall–Kier alpha value is -0.260. The van der Waals surface area contributed by atoms with E-state index in [1.165, 1.54) is 0 Å². The van der Waals surface area contributed by atoms with E-state index in [0.717, 1.165) is 0 Å². The highest BCUT2D eigenvalue weighted by Gasteiger charge is 2.06. The molecule has 0 bridgehead atoms. The van der Waals surface area contributed by atoms with Crippen molar-refractivity contribution in [3.63, 3.8) is 0 Å². The van der Waals surface area contributed by atoms with E-state index in [-0.39, 0.29) is 0 Å². The van der Waals surface area contributed by atoms with Gasteiger partial charge in [0, 0.05) is 0 Å². The Balaban J connectivity index is 3.94. The van der Waals surface area contributed by atoms with E-state index in [1.807, 2.05) is 0 Å². The number of halogens is 1. The second-order valence-corrected chi connectivity index (χ2v) is 2.25. The van der Waals surface area contributed by atoms with Gasteiger partial charge in [-0.15, -0.1) is 3.74 Å². The van der Waals surface area contributed by atoms with Crippen LogP contribution in [0.5, 0.6) is 0 Å². The molecular weight excluding hydrogens is 156 g/mol. The minimum atomic E-state index is -4.02. The Morgan fingerprint density at radius 3 is 2.25 bits per heavy atom. The molecule has 0 aliphatic heterocycles. The highest BCUT2D eigenvalue weighted by molar-refractivity contribution is 7.82. The molecule has 0 aromatic carbocycles. The van der Waals surface area contributed by atoms with Crippen LogP contribution in [-0.4, -0.2) is 8.42 Å². The molecule has 0 rings (SSSR count). The van der Waals surface area contributed by atoms with Crippen LogP contribution in [0.1, 0.15) is 0 Å². The Morgan fingerprint density at radius 1 is 1.62 bits per heavy atom. The van der Waals surface area contributed by atoms with Crippen molar-refractivity contribution in [3.05, 3.63) is 12.8 Å². The van der Waals surface area contributed by atoms with Crippen molar-refractivity contribution < 1.29 is 16.3 Å². The lowest BCUT2D eigenvalue weighted by molar-refractivity contribution is 0.374. The highest BCUT2D eigenvalue weighted by atomic mass is 35.5. The SMILES string of the molecule is C=COS(=O)(=O)OCl. The predicted molar refractivity (Wildman–Crippen MR) is 27.1 cm³/mol. The molecule has 0 aromatic rings. The van der Waals surface area contributed by atoms with E-state index < -0.39 is 10.4 Å². The molecule has 0 unspecified atom stereocenters. The number of hydrogen-bond donors (Lipinski definition) is 0. The van der Waals surface area contributed by atoms with Gasteiger partial charge in [0.1, 0.15) is 6.26 Å². The molecule has 0 saturated heterocycles.